The van der Waals surface area contributed by atoms with E-state index < -0.39 is 46.5 Å². The van der Waals surface area contributed by atoms with Crippen LogP contribution >= 0.6 is 0 Å². The number of amides is 1. The zero-order valence-corrected chi connectivity index (χ0v) is 16.0. The molecule has 0 N–H and O–H groups in total. The number of Topliss-reactive ketones (excluding diaryl/α,β-unsaturated/α-hetero) is 1. The van der Waals surface area contributed by atoms with Crippen LogP contribution in [0.2, 0.25) is 0 Å². The van der Waals surface area contributed by atoms with Gasteiger partial charge in [0.1, 0.15) is 11.4 Å². The van der Waals surface area contributed by atoms with Crippen LogP contribution in [-0.2, 0) is 9.53 Å². The van der Waals surface area contributed by atoms with Gasteiger partial charge in [0.05, 0.1) is 5.57 Å². The Morgan fingerprint density at radius 3 is 2.07 bits per heavy atom. The quantitative estimate of drug-likeness (QED) is 0.380. The number of carbonyl (C=O) groups excluding carboxylic acids is 2. The van der Waals surface area contributed by atoms with Gasteiger partial charge in [-0.05, 0) is 40.5 Å². The lowest BCUT2D eigenvalue weighted by molar-refractivity contribution is -0.120. The second-order valence-corrected chi connectivity index (χ2v) is 7.31. The smallest absolute Gasteiger partial charge is 0.419 e. The van der Waals surface area contributed by atoms with Crippen molar-refractivity contribution in [3.63, 3.8) is 0 Å². The number of piperidine rings is 1. The number of alkyl halides is 3. The van der Waals surface area contributed by atoms with Crippen molar-refractivity contribution in [2.24, 2.45) is 5.92 Å². The third-order valence-corrected chi connectivity index (χ3v) is 3.96. The first kappa shape index (κ1) is 22.9. The maximum Gasteiger partial charge on any atom is 0.419 e. The topological polar surface area (TPSA) is 46.6 Å². The van der Waals surface area contributed by atoms with Crippen LogP contribution in [0.15, 0.2) is 35.7 Å². The molecular weight excluding hydrogens is 366 g/mol. The van der Waals surface area contributed by atoms with Crippen molar-refractivity contribution in [1.29, 1.82) is 0 Å². The molecule has 0 atom stereocenters. The Balaban J connectivity index is 2.82. The average molecular weight is 391 g/mol. The highest BCUT2D eigenvalue weighted by atomic mass is 19.4. The highest BCUT2D eigenvalue weighted by molar-refractivity contribution is 6.00. The van der Waals surface area contributed by atoms with E-state index in [9.17, 15) is 27.2 Å². The van der Waals surface area contributed by atoms with Crippen LogP contribution in [0.25, 0.3) is 0 Å². The molecule has 0 radical (unpaired) electrons. The van der Waals surface area contributed by atoms with Gasteiger partial charge in [-0.3, -0.25) is 4.79 Å². The molecule has 0 aliphatic carbocycles. The molecule has 0 spiro atoms. The number of halogens is 4. The molecule has 0 saturated carbocycles. The summed E-state index contributed by atoms with van der Waals surface area (Å²) >= 11 is 0. The van der Waals surface area contributed by atoms with Crippen LogP contribution in [0, 0.1) is 5.92 Å². The molecule has 4 nitrogen and oxygen atoms in total. The zero-order valence-electron chi connectivity index (χ0n) is 16.0. The summed E-state index contributed by atoms with van der Waals surface area (Å²) in [6.45, 7) is 10.1. The van der Waals surface area contributed by atoms with Crippen molar-refractivity contribution in [3.05, 3.63) is 35.7 Å². The van der Waals surface area contributed by atoms with Gasteiger partial charge in [-0.2, -0.15) is 13.2 Å². The summed E-state index contributed by atoms with van der Waals surface area (Å²) in [5.74, 6) is -3.13. The third kappa shape index (κ3) is 6.52. The Morgan fingerprint density at radius 2 is 1.67 bits per heavy atom. The number of hydrogen-bond acceptors (Lipinski definition) is 3. The van der Waals surface area contributed by atoms with Gasteiger partial charge in [-0.15, -0.1) is 0 Å². The van der Waals surface area contributed by atoms with E-state index in [-0.39, 0.29) is 25.9 Å². The van der Waals surface area contributed by atoms with Gasteiger partial charge in [-0.25, -0.2) is 9.18 Å². The van der Waals surface area contributed by atoms with E-state index in [1.165, 1.54) is 11.8 Å². The summed E-state index contributed by atoms with van der Waals surface area (Å²) in [6, 6.07) is 0. The molecule has 1 aliphatic rings. The van der Waals surface area contributed by atoms with Crippen molar-refractivity contribution in [2.45, 2.75) is 52.3 Å². The van der Waals surface area contributed by atoms with Crippen molar-refractivity contribution >= 4 is 11.9 Å². The summed E-state index contributed by atoms with van der Waals surface area (Å²) in [5, 5.41) is 0. The number of hydrogen-bond donors (Lipinski definition) is 0. The largest absolute Gasteiger partial charge is 0.444 e. The lowest BCUT2D eigenvalue weighted by Crippen LogP contribution is -2.43. The third-order valence-electron chi connectivity index (χ3n) is 3.96. The molecule has 1 saturated heterocycles. The molecule has 1 rings (SSSR count). The maximum atomic E-state index is 14.2. The van der Waals surface area contributed by atoms with Crippen molar-refractivity contribution in [1.82, 2.24) is 4.90 Å². The molecule has 0 unspecified atom stereocenters. The summed E-state index contributed by atoms with van der Waals surface area (Å²) in [6.07, 6.45) is -3.44. The number of ether oxygens (including phenoxy) is 1. The number of carbonyl (C=O) groups is 2. The summed E-state index contributed by atoms with van der Waals surface area (Å²) in [5.41, 5.74) is -2.99. The van der Waals surface area contributed by atoms with Gasteiger partial charge in [0.2, 0.25) is 0 Å². The standard InChI is InChI=1S/C19H25F4NO3/c1-6-7-14(19(21,22)23)15(20)12(2)16(25)13-8-10-24(11-9-13)17(26)27-18(3,4)5/h6-7,13H,2,8-11H2,1,3-5H3/b7-6-,15-14-. The molecule has 0 aromatic carbocycles. The normalized spacial score (nSPS) is 17.7. The Hall–Kier alpha value is -2.12. The fraction of sp³-hybridized carbons (Fsp3) is 0.579. The van der Waals surface area contributed by atoms with Crippen LogP contribution in [0.4, 0.5) is 22.4 Å². The first-order valence-electron chi connectivity index (χ1n) is 8.59. The van der Waals surface area contributed by atoms with Crippen LogP contribution < -0.4 is 0 Å². The van der Waals surface area contributed by atoms with Crippen molar-refractivity contribution in [3.8, 4) is 0 Å². The molecule has 1 heterocycles. The second kappa shape index (κ2) is 8.71. The van der Waals surface area contributed by atoms with E-state index in [1.807, 2.05) is 0 Å². The van der Waals surface area contributed by atoms with Crippen molar-refractivity contribution < 1.29 is 31.9 Å². The molecule has 0 aromatic heterocycles. The van der Waals surface area contributed by atoms with Crippen LogP contribution in [0.5, 0.6) is 0 Å². The number of rotatable bonds is 4. The van der Waals surface area contributed by atoms with Gasteiger partial charge in [0.15, 0.2) is 5.78 Å². The molecule has 0 aromatic rings. The molecule has 1 fully saturated rings. The summed E-state index contributed by atoms with van der Waals surface area (Å²) in [7, 11) is 0. The summed E-state index contributed by atoms with van der Waals surface area (Å²) < 4.78 is 58.3. The van der Waals surface area contributed by atoms with E-state index in [4.69, 9.17) is 4.74 Å². The number of nitrogens with zero attached hydrogens (tertiary/aromatic N) is 1. The molecule has 27 heavy (non-hydrogen) atoms. The predicted octanol–water partition coefficient (Wildman–Crippen LogP) is 5.12. The first-order chi connectivity index (χ1) is 12.3. The molecule has 0 bridgehead atoms. The van der Waals surface area contributed by atoms with E-state index >= 15 is 0 Å². The molecule has 8 heteroatoms. The fourth-order valence-electron chi connectivity index (χ4n) is 2.63. The average Bonchev–Trinajstić information content (AvgIpc) is 2.55. The minimum atomic E-state index is -4.93. The van der Waals surface area contributed by atoms with E-state index in [0.717, 1.165) is 6.08 Å². The summed E-state index contributed by atoms with van der Waals surface area (Å²) in [4.78, 5) is 25.8. The number of likely N-dealkylation sites (tertiary alicyclic amines) is 1. The Morgan fingerprint density at radius 1 is 1.15 bits per heavy atom. The van der Waals surface area contributed by atoms with Gasteiger partial charge < -0.3 is 9.64 Å². The maximum absolute atomic E-state index is 14.2. The number of ketones is 1. The fourth-order valence-corrected chi connectivity index (χ4v) is 2.63. The number of allylic oxidation sites excluding steroid dienone is 5. The van der Waals surface area contributed by atoms with Crippen LogP contribution in [0.1, 0.15) is 40.5 Å². The highest BCUT2D eigenvalue weighted by Gasteiger charge is 2.38. The minimum absolute atomic E-state index is 0.199. The second-order valence-electron chi connectivity index (χ2n) is 7.31. The Kier molecular flexibility index (Phi) is 7.40. The molecule has 1 aliphatic heterocycles. The van der Waals surface area contributed by atoms with Crippen LogP contribution in [0.3, 0.4) is 0 Å². The monoisotopic (exact) mass is 391 g/mol. The van der Waals surface area contributed by atoms with E-state index in [1.54, 1.807) is 20.8 Å². The first-order valence-corrected chi connectivity index (χ1v) is 8.59. The molecule has 1 amide bonds. The van der Waals surface area contributed by atoms with Gasteiger partial charge >= 0.3 is 12.3 Å². The van der Waals surface area contributed by atoms with Crippen molar-refractivity contribution in [2.75, 3.05) is 13.1 Å². The Bertz CT molecular complexity index is 649. The lowest BCUT2D eigenvalue weighted by atomic mass is 9.88. The lowest BCUT2D eigenvalue weighted by Gasteiger charge is -2.33. The SMILES string of the molecule is C=C(C(=O)C1CCN(C(=O)OC(C)(C)C)CC1)/C(F)=C(\C=C/C)C(F)(F)F. The Labute approximate surface area is 156 Å². The highest BCUT2D eigenvalue weighted by Crippen LogP contribution is 2.34. The van der Waals surface area contributed by atoms with Crippen LogP contribution in [-0.4, -0.2) is 41.6 Å². The van der Waals surface area contributed by atoms with E-state index in [0.29, 0.717) is 6.08 Å². The van der Waals surface area contributed by atoms with Gasteiger partial charge in [0, 0.05) is 24.6 Å². The van der Waals surface area contributed by atoms with E-state index in [2.05, 4.69) is 6.58 Å². The minimum Gasteiger partial charge on any atom is -0.444 e. The van der Waals surface area contributed by atoms with Gasteiger partial charge in [0.25, 0.3) is 0 Å². The molecular formula is C19H25F4NO3. The molecule has 152 valence electrons. The zero-order chi connectivity index (χ0) is 21.0. The van der Waals surface area contributed by atoms with Gasteiger partial charge in [-0.1, -0.05) is 18.7 Å². The predicted molar refractivity (Wildman–Crippen MR) is 93.7 cm³/mol.